The molecule has 1 aromatic rings. The first-order valence-electron chi connectivity index (χ1n) is 4.94. The Balaban J connectivity index is 3.09. The summed E-state index contributed by atoms with van der Waals surface area (Å²) in [4.78, 5) is 0. The molecule has 1 rings (SSSR count). The largest absolute Gasteiger partial charge is 0.349 e. The minimum absolute atomic E-state index is 0.434. The molecule has 0 aliphatic heterocycles. The summed E-state index contributed by atoms with van der Waals surface area (Å²) >= 11 is 0. The highest BCUT2D eigenvalue weighted by molar-refractivity contribution is 5.58. The van der Waals surface area contributed by atoms with Gasteiger partial charge in [-0.05, 0) is 18.6 Å². The lowest BCUT2D eigenvalue weighted by Gasteiger charge is -2.25. The summed E-state index contributed by atoms with van der Waals surface area (Å²) in [6.07, 6.45) is 1.76. The Morgan fingerprint density at radius 1 is 1.25 bits per heavy atom. The Kier molecular flexibility index (Phi) is 4.24. The average molecular weight is 217 g/mol. The standard InChI is InChI=1S/C13H15NO2/c1-13(15-2,16-3)12(10-14)9-11-7-5-4-6-8-11/h4-9H,1-3H3/b12-9+. The SMILES string of the molecule is COC(C)(OC)/C(C#N)=C/c1ccccc1. The fourth-order valence-electron chi connectivity index (χ4n) is 1.28. The van der Waals surface area contributed by atoms with Gasteiger partial charge < -0.3 is 9.47 Å². The molecule has 1 aromatic carbocycles. The molecule has 0 radical (unpaired) electrons. The van der Waals surface area contributed by atoms with Gasteiger partial charge in [0, 0.05) is 14.2 Å². The van der Waals surface area contributed by atoms with E-state index in [1.807, 2.05) is 30.3 Å². The molecule has 0 spiro atoms. The van der Waals surface area contributed by atoms with E-state index in [-0.39, 0.29) is 0 Å². The molecule has 16 heavy (non-hydrogen) atoms. The van der Waals surface area contributed by atoms with Crippen molar-refractivity contribution in [3.8, 4) is 6.07 Å². The normalized spacial score (nSPS) is 12.2. The summed E-state index contributed by atoms with van der Waals surface area (Å²) in [5, 5.41) is 9.11. The minimum atomic E-state index is -0.995. The van der Waals surface area contributed by atoms with Crippen LogP contribution in [-0.2, 0) is 9.47 Å². The first kappa shape index (κ1) is 12.4. The van der Waals surface area contributed by atoms with Crippen molar-refractivity contribution in [3.63, 3.8) is 0 Å². The predicted octanol–water partition coefficient (Wildman–Crippen LogP) is 2.60. The van der Waals surface area contributed by atoms with Crippen LogP contribution >= 0.6 is 0 Å². The van der Waals surface area contributed by atoms with Gasteiger partial charge in [0.15, 0.2) is 0 Å². The molecule has 0 bridgehead atoms. The number of nitrogens with zero attached hydrogens (tertiary/aromatic N) is 1. The van der Waals surface area contributed by atoms with Crippen molar-refractivity contribution in [3.05, 3.63) is 41.5 Å². The van der Waals surface area contributed by atoms with Gasteiger partial charge in [-0.25, -0.2) is 0 Å². The predicted molar refractivity (Wildman–Crippen MR) is 62.5 cm³/mol. The number of ether oxygens (including phenoxy) is 2. The zero-order chi connectivity index (χ0) is 12.0. The van der Waals surface area contributed by atoms with Gasteiger partial charge in [0.1, 0.15) is 6.07 Å². The molecule has 0 fully saturated rings. The maximum atomic E-state index is 9.11. The summed E-state index contributed by atoms with van der Waals surface area (Å²) in [6.45, 7) is 1.71. The van der Waals surface area contributed by atoms with Crippen LogP contribution < -0.4 is 0 Å². The second kappa shape index (κ2) is 5.45. The quantitative estimate of drug-likeness (QED) is 0.575. The van der Waals surface area contributed by atoms with Crippen molar-refractivity contribution in [2.24, 2.45) is 0 Å². The van der Waals surface area contributed by atoms with E-state index in [0.29, 0.717) is 5.57 Å². The molecule has 0 aliphatic rings. The van der Waals surface area contributed by atoms with E-state index in [2.05, 4.69) is 6.07 Å². The van der Waals surface area contributed by atoms with Gasteiger partial charge in [-0.2, -0.15) is 5.26 Å². The van der Waals surface area contributed by atoms with E-state index >= 15 is 0 Å². The third kappa shape index (κ3) is 2.69. The van der Waals surface area contributed by atoms with Crippen molar-refractivity contribution in [2.45, 2.75) is 12.7 Å². The maximum Gasteiger partial charge on any atom is 0.201 e. The maximum absolute atomic E-state index is 9.11. The van der Waals surface area contributed by atoms with Gasteiger partial charge in [-0.3, -0.25) is 0 Å². The number of benzene rings is 1. The topological polar surface area (TPSA) is 42.2 Å². The van der Waals surface area contributed by atoms with Gasteiger partial charge in [-0.1, -0.05) is 30.3 Å². The molecule has 0 aromatic heterocycles. The molecule has 3 heteroatoms. The van der Waals surface area contributed by atoms with Crippen LogP contribution in [0.5, 0.6) is 0 Å². The first-order chi connectivity index (χ1) is 7.66. The van der Waals surface area contributed by atoms with Crippen molar-refractivity contribution in [2.75, 3.05) is 14.2 Å². The smallest absolute Gasteiger partial charge is 0.201 e. The van der Waals surface area contributed by atoms with Gasteiger partial charge in [0.05, 0.1) is 5.57 Å². The van der Waals surface area contributed by atoms with Crippen molar-refractivity contribution >= 4 is 6.08 Å². The van der Waals surface area contributed by atoms with Crippen LogP contribution in [0.15, 0.2) is 35.9 Å². The van der Waals surface area contributed by atoms with E-state index in [1.165, 1.54) is 14.2 Å². The molecule has 84 valence electrons. The van der Waals surface area contributed by atoms with Crippen LogP contribution in [0.3, 0.4) is 0 Å². The molecule has 3 nitrogen and oxygen atoms in total. The number of methoxy groups -OCH3 is 2. The molecule has 0 amide bonds. The average Bonchev–Trinajstić information content (AvgIpc) is 2.36. The zero-order valence-electron chi connectivity index (χ0n) is 9.73. The van der Waals surface area contributed by atoms with E-state index in [0.717, 1.165) is 5.56 Å². The third-order valence-electron chi connectivity index (χ3n) is 2.50. The molecular weight excluding hydrogens is 202 g/mol. The Morgan fingerprint density at radius 2 is 1.81 bits per heavy atom. The number of hydrogen-bond donors (Lipinski definition) is 0. The van der Waals surface area contributed by atoms with Crippen LogP contribution in [-0.4, -0.2) is 20.0 Å². The lowest BCUT2D eigenvalue weighted by molar-refractivity contribution is -0.160. The van der Waals surface area contributed by atoms with E-state index in [9.17, 15) is 0 Å². The van der Waals surface area contributed by atoms with Crippen LogP contribution in [0, 0.1) is 11.3 Å². The van der Waals surface area contributed by atoms with Crippen molar-refractivity contribution < 1.29 is 9.47 Å². The van der Waals surface area contributed by atoms with Crippen LogP contribution in [0.1, 0.15) is 12.5 Å². The highest BCUT2D eigenvalue weighted by atomic mass is 16.7. The van der Waals surface area contributed by atoms with Gasteiger partial charge in [0.25, 0.3) is 0 Å². The number of hydrogen-bond acceptors (Lipinski definition) is 3. The van der Waals surface area contributed by atoms with Gasteiger partial charge in [-0.15, -0.1) is 0 Å². The fourth-order valence-corrected chi connectivity index (χ4v) is 1.28. The lowest BCUT2D eigenvalue weighted by atomic mass is 10.1. The fraction of sp³-hybridized carbons (Fsp3) is 0.308. The molecular formula is C13H15NO2. The Hall–Kier alpha value is -1.63. The van der Waals surface area contributed by atoms with Crippen molar-refractivity contribution in [1.82, 2.24) is 0 Å². The van der Waals surface area contributed by atoms with Crippen LogP contribution in [0.25, 0.3) is 6.08 Å². The zero-order valence-corrected chi connectivity index (χ0v) is 9.73. The first-order valence-corrected chi connectivity index (χ1v) is 4.94. The summed E-state index contributed by atoms with van der Waals surface area (Å²) in [7, 11) is 3.03. The monoisotopic (exact) mass is 217 g/mol. The number of nitriles is 1. The van der Waals surface area contributed by atoms with Crippen LogP contribution in [0.2, 0.25) is 0 Å². The van der Waals surface area contributed by atoms with Gasteiger partial charge in [0.2, 0.25) is 5.79 Å². The Bertz CT molecular complexity index is 400. The molecule has 0 atom stereocenters. The molecule has 0 aliphatic carbocycles. The summed E-state index contributed by atoms with van der Waals surface area (Å²) < 4.78 is 10.4. The molecule has 0 N–H and O–H groups in total. The highest BCUT2D eigenvalue weighted by Gasteiger charge is 2.28. The Labute approximate surface area is 95.9 Å². The van der Waals surface area contributed by atoms with E-state index in [4.69, 9.17) is 14.7 Å². The molecule has 0 saturated heterocycles. The molecule has 0 saturated carbocycles. The summed E-state index contributed by atoms with van der Waals surface area (Å²) in [6, 6.07) is 11.7. The van der Waals surface area contributed by atoms with Crippen molar-refractivity contribution in [1.29, 1.82) is 5.26 Å². The summed E-state index contributed by atoms with van der Waals surface area (Å²) in [5.74, 6) is -0.995. The van der Waals surface area contributed by atoms with Crippen LogP contribution in [0.4, 0.5) is 0 Å². The van der Waals surface area contributed by atoms with E-state index < -0.39 is 5.79 Å². The molecule has 0 unspecified atom stereocenters. The minimum Gasteiger partial charge on any atom is -0.349 e. The third-order valence-corrected chi connectivity index (χ3v) is 2.50. The van der Waals surface area contributed by atoms with E-state index in [1.54, 1.807) is 13.0 Å². The molecule has 0 heterocycles. The second-order valence-electron chi connectivity index (χ2n) is 3.43. The lowest BCUT2D eigenvalue weighted by Crippen LogP contribution is -2.31. The Morgan fingerprint density at radius 3 is 2.25 bits per heavy atom. The van der Waals surface area contributed by atoms with Gasteiger partial charge >= 0.3 is 0 Å². The second-order valence-corrected chi connectivity index (χ2v) is 3.43. The summed E-state index contributed by atoms with van der Waals surface area (Å²) in [5.41, 5.74) is 1.38. The number of rotatable bonds is 4. The highest BCUT2D eigenvalue weighted by Crippen LogP contribution is 2.23.